The van der Waals surface area contributed by atoms with Gasteiger partial charge in [0.05, 0.1) is 19.6 Å². The Balaban J connectivity index is 2.58. The standard InChI is InChI=1S/C10H16N2O2/c1-3-4-5-6-12-8-11-7-9(12)10(13)14-2/h7-8H,3-6H2,1-2H3. The van der Waals surface area contributed by atoms with Gasteiger partial charge in [0.25, 0.3) is 0 Å². The Kier molecular flexibility index (Phi) is 4.16. The molecule has 0 radical (unpaired) electrons. The van der Waals surface area contributed by atoms with Crippen LogP contribution in [0.1, 0.15) is 36.7 Å². The maximum Gasteiger partial charge on any atom is 0.356 e. The highest BCUT2D eigenvalue weighted by molar-refractivity contribution is 5.87. The number of imidazole rings is 1. The molecule has 0 amide bonds. The van der Waals surface area contributed by atoms with Crippen molar-refractivity contribution in [2.45, 2.75) is 32.7 Å². The molecule has 0 bridgehead atoms. The summed E-state index contributed by atoms with van der Waals surface area (Å²) in [5, 5.41) is 0. The van der Waals surface area contributed by atoms with Crippen LogP contribution in [0.2, 0.25) is 0 Å². The monoisotopic (exact) mass is 196 g/mol. The number of aromatic nitrogens is 2. The van der Waals surface area contributed by atoms with Crippen LogP contribution in [-0.4, -0.2) is 22.6 Å². The first-order valence-electron chi connectivity index (χ1n) is 4.88. The van der Waals surface area contributed by atoms with Gasteiger partial charge in [-0.15, -0.1) is 0 Å². The van der Waals surface area contributed by atoms with Crippen molar-refractivity contribution >= 4 is 5.97 Å². The molecule has 0 aliphatic heterocycles. The van der Waals surface area contributed by atoms with E-state index in [2.05, 4.69) is 16.6 Å². The van der Waals surface area contributed by atoms with Crippen LogP contribution in [0.5, 0.6) is 0 Å². The van der Waals surface area contributed by atoms with Crippen molar-refractivity contribution in [3.05, 3.63) is 18.2 Å². The van der Waals surface area contributed by atoms with Crippen LogP contribution >= 0.6 is 0 Å². The molecule has 1 rings (SSSR count). The van der Waals surface area contributed by atoms with E-state index in [1.165, 1.54) is 26.1 Å². The number of esters is 1. The van der Waals surface area contributed by atoms with E-state index in [0.717, 1.165) is 13.0 Å². The summed E-state index contributed by atoms with van der Waals surface area (Å²) < 4.78 is 6.48. The van der Waals surface area contributed by atoms with Crippen molar-refractivity contribution in [2.75, 3.05) is 7.11 Å². The predicted octanol–water partition coefficient (Wildman–Crippen LogP) is 1.86. The van der Waals surface area contributed by atoms with Gasteiger partial charge in [-0.25, -0.2) is 9.78 Å². The van der Waals surface area contributed by atoms with Crippen LogP contribution in [0.4, 0.5) is 0 Å². The number of carbonyl (C=O) groups excluding carboxylic acids is 1. The highest BCUT2D eigenvalue weighted by Gasteiger charge is 2.10. The number of hydrogen-bond donors (Lipinski definition) is 0. The van der Waals surface area contributed by atoms with Crippen LogP contribution in [-0.2, 0) is 11.3 Å². The van der Waals surface area contributed by atoms with E-state index in [9.17, 15) is 4.79 Å². The van der Waals surface area contributed by atoms with Gasteiger partial charge in [0.15, 0.2) is 0 Å². The zero-order valence-electron chi connectivity index (χ0n) is 8.69. The van der Waals surface area contributed by atoms with Crippen LogP contribution in [0.3, 0.4) is 0 Å². The quantitative estimate of drug-likeness (QED) is 0.533. The molecule has 0 unspecified atom stereocenters. The maximum absolute atomic E-state index is 11.2. The summed E-state index contributed by atoms with van der Waals surface area (Å²) in [6, 6.07) is 0. The summed E-state index contributed by atoms with van der Waals surface area (Å²) in [7, 11) is 1.38. The Morgan fingerprint density at radius 3 is 3.00 bits per heavy atom. The second kappa shape index (κ2) is 5.42. The first-order chi connectivity index (χ1) is 6.79. The minimum absolute atomic E-state index is 0.320. The molecule has 0 spiro atoms. The molecule has 0 aromatic carbocycles. The van der Waals surface area contributed by atoms with Crippen molar-refractivity contribution in [3.8, 4) is 0 Å². The number of rotatable bonds is 5. The summed E-state index contributed by atoms with van der Waals surface area (Å²) in [5.41, 5.74) is 0.531. The van der Waals surface area contributed by atoms with Crippen LogP contribution in [0, 0.1) is 0 Å². The number of unbranched alkanes of at least 4 members (excludes halogenated alkanes) is 2. The van der Waals surface area contributed by atoms with Gasteiger partial charge in [-0.05, 0) is 6.42 Å². The summed E-state index contributed by atoms with van der Waals surface area (Å²) in [6.07, 6.45) is 6.61. The molecule has 0 aliphatic rings. The molecule has 4 heteroatoms. The molecule has 0 N–H and O–H groups in total. The first-order valence-corrected chi connectivity index (χ1v) is 4.88. The number of hydrogen-bond acceptors (Lipinski definition) is 3. The summed E-state index contributed by atoms with van der Waals surface area (Å²) in [6.45, 7) is 2.98. The predicted molar refractivity (Wildman–Crippen MR) is 53.1 cm³/mol. The highest BCUT2D eigenvalue weighted by Crippen LogP contribution is 2.04. The van der Waals surface area contributed by atoms with Gasteiger partial charge in [-0.1, -0.05) is 19.8 Å². The van der Waals surface area contributed by atoms with Crippen molar-refractivity contribution in [1.82, 2.24) is 9.55 Å². The van der Waals surface area contributed by atoms with Gasteiger partial charge in [0.1, 0.15) is 5.69 Å². The number of nitrogens with zero attached hydrogens (tertiary/aromatic N) is 2. The van der Waals surface area contributed by atoms with E-state index in [0.29, 0.717) is 5.69 Å². The van der Waals surface area contributed by atoms with Crippen molar-refractivity contribution in [2.24, 2.45) is 0 Å². The van der Waals surface area contributed by atoms with Gasteiger partial charge in [0.2, 0.25) is 0 Å². The largest absolute Gasteiger partial charge is 0.464 e. The number of methoxy groups -OCH3 is 1. The van der Waals surface area contributed by atoms with Crippen LogP contribution in [0.25, 0.3) is 0 Å². The Morgan fingerprint density at radius 2 is 2.36 bits per heavy atom. The zero-order valence-corrected chi connectivity index (χ0v) is 8.69. The minimum atomic E-state index is -0.320. The number of carbonyl (C=O) groups is 1. The molecule has 4 nitrogen and oxygen atoms in total. The molecule has 0 saturated carbocycles. The lowest BCUT2D eigenvalue weighted by Gasteiger charge is -2.05. The molecule has 0 aliphatic carbocycles. The number of ether oxygens (including phenoxy) is 1. The molecule has 0 saturated heterocycles. The van der Waals surface area contributed by atoms with Crippen molar-refractivity contribution < 1.29 is 9.53 Å². The Hall–Kier alpha value is -1.32. The molecule has 0 atom stereocenters. The van der Waals surface area contributed by atoms with Crippen LogP contribution in [0.15, 0.2) is 12.5 Å². The normalized spacial score (nSPS) is 10.1. The van der Waals surface area contributed by atoms with E-state index in [1.54, 1.807) is 6.33 Å². The molecule has 14 heavy (non-hydrogen) atoms. The maximum atomic E-state index is 11.2. The smallest absolute Gasteiger partial charge is 0.356 e. The van der Waals surface area contributed by atoms with E-state index >= 15 is 0 Å². The van der Waals surface area contributed by atoms with Crippen LogP contribution < -0.4 is 0 Å². The Morgan fingerprint density at radius 1 is 1.57 bits per heavy atom. The van der Waals surface area contributed by atoms with E-state index < -0.39 is 0 Å². The van der Waals surface area contributed by atoms with Gasteiger partial charge in [-0.3, -0.25) is 0 Å². The fourth-order valence-electron chi connectivity index (χ4n) is 1.31. The van der Waals surface area contributed by atoms with Crippen molar-refractivity contribution in [3.63, 3.8) is 0 Å². The average molecular weight is 196 g/mol. The Bertz CT molecular complexity index is 294. The second-order valence-corrected chi connectivity index (χ2v) is 3.17. The van der Waals surface area contributed by atoms with E-state index in [-0.39, 0.29) is 5.97 Å². The van der Waals surface area contributed by atoms with Gasteiger partial charge >= 0.3 is 5.97 Å². The molecule has 78 valence electrons. The molecular weight excluding hydrogens is 180 g/mol. The third-order valence-corrected chi connectivity index (χ3v) is 2.11. The lowest BCUT2D eigenvalue weighted by molar-refractivity contribution is 0.0588. The van der Waals surface area contributed by atoms with Crippen molar-refractivity contribution in [1.29, 1.82) is 0 Å². The molecule has 0 fully saturated rings. The molecular formula is C10H16N2O2. The topological polar surface area (TPSA) is 44.1 Å². The fourth-order valence-corrected chi connectivity index (χ4v) is 1.31. The summed E-state index contributed by atoms with van der Waals surface area (Å²) in [4.78, 5) is 15.2. The third kappa shape index (κ3) is 2.58. The minimum Gasteiger partial charge on any atom is -0.464 e. The number of aryl methyl sites for hydroxylation is 1. The first kappa shape index (κ1) is 10.8. The third-order valence-electron chi connectivity index (χ3n) is 2.11. The second-order valence-electron chi connectivity index (χ2n) is 3.17. The lowest BCUT2D eigenvalue weighted by atomic mass is 10.2. The van der Waals surface area contributed by atoms with Gasteiger partial charge < -0.3 is 9.30 Å². The highest BCUT2D eigenvalue weighted by atomic mass is 16.5. The van der Waals surface area contributed by atoms with E-state index in [4.69, 9.17) is 0 Å². The summed E-state index contributed by atoms with van der Waals surface area (Å²) in [5.74, 6) is -0.320. The molecule has 1 heterocycles. The SMILES string of the molecule is CCCCCn1cncc1C(=O)OC. The van der Waals surface area contributed by atoms with Gasteiger partial charge in [0, 0.05) is 6.54 Å². The Labute approximate surface area is 83.9 Å². The zero-order chi connectivity index (χ0) is 10.4. The van der Waals surface area contributed by atoms with E-state index in [1.807, 2.05) is 4.57 Å². The lowest BCUT2D eigenvalue weighted by Crippen LogP contribution is -2.09. The molecule has 1 aromatic heterocycles. The summed E-state index contributed by atoms with van der Waals surface area (Å²) >= 11 is 0. The average Bonchev–Trinajstić information content (AvgIpc) is 2.65. The fraction of sp³-hybridized carbons (Fsp3) is 0.600. The van der Waals surface area contributed by atoms with Gasteiger partial charge in [-0.2, -0.15) is 0 Å². The molecule has 1 aromatic rings.